The number of rotatable bonds is 5. The number of pyridine rings is 1. The number of aromatic nitrogens is 4. The predicted octanol–water partition coefficient (Wildman–Crippen LogP) is 4.56. The van der Waals surface area contributed by atoms with Crippen LogP contribution in [0.3, 0.4) is 0 Å². The SMILES string of the molecule is CCNC(=O)Nc1ccc(-c2nn(CC)cc2-c2c(C)cnc3[nH]ccc23)cc1. The van der Waals surface area contributed by atoms with Crippen molar-refractivity contribution in [3.05, 3.63) is 54.5 Å². The summed E-state index contributed by atoms with van der Waals surface area (Å²) in [7, 11) is 0. The van der Waals surface area contributed by atoms with Crippen LogP contribution in [0.15, 0.2) is 48.9 Å². The highest BCUT2D eigenvalue weighted by Crippen LogP contribution is 2.37. The maximum Gasteiger partial charge on any atom is 0.319 e. The van der Waals surface area contributed by atoms with Gasteiger partial charge in [0.1, 0.15) is 11.3 Å². The fourth-order valence-corrected chi connectivity index (χ4v) is 3.49. The number of amides is 2. The van der Waals surface area contributed by atoms with Crippen LogP contribution in [0.25, 0.3) is 33.4 Å². The van der Waals surface area contributed by atoms with Crippen LogP contribution in [0.4, 0.5) is 10.5 Å². The Morgan fingerprint density at radius 2 is 1.97 bits per heavy atom. The van der Waals surface area contributed by atoms with E-state index in [4.69, 9.17) is 5.10 Å². The second-order valence-corrected chi connectivity index (χ2v) is 6.87. The van der Waals surface area contributed by atoms with Crippen molar-refractivity contribution < 1.29 is 4.79 Å². The number of aryl methyl sites for hydroxylation is 2. The molecule has 0 spiro atoms. The molecule has 0 unspecified atom stereocenters. The maximum absolute atomic E-state index is 11.7. The maximum atomic E-state index is 11.7. The number of fused-ring (bicyclic) bond motifs is 1. The lowest BCUT2D eigenvalue weighted by molar-refractivity contribution is 0.252. The normalized spacial score (nSPS) is 11.0. The minimum absolute atomic E-state index is 0.210. The molecular formula is C22H24N6O. The van der Waals surface area contributed by atoms with E-state index in [9.17, 15) is 4.79 Å². The molecule has 0 radical (unpaired) electrons. The zero-order valence-corrected chi connectivity index (χ0v) is 16.8. The minimum Gasteiger partial charge on any atom is -0.346 e. The molecular weight excluding hydrogens is 364 g/mol. The Morgan fingerprint density at radius 1 is 1.17 bits per heavy atom. The van der Waals surface area contributed by atoms with Crippen LogP contribution in [0.1, 0.15) is 19.4 Å². The minimum atomic E-state index is -0.210. The summed E-state index contributed by atoms with van der Waals surface area (Å²) < 4.78 is 1.95. The standard InChI is InChI=1S/C22H24N6O/c1-4-23-22(29)26-16-8-6-15(7-9-16)20-18(13-28(5-2)27-20)19-14(3)12-25-21-17(19)10-11-24-21/h6-13H,4-5H2,1-3H3,(H,24,25)(H2,23,26,29). The van der Waals surface area contributed by atoms with Gasteiger partial charge in [-0.3, -0.25) is 4.68 Å². The third-order valence-electron chi connectivity index (χ3n) is 4.88. The molecule has 2 amide bonds. The van der Waals surface area contributed by atoms with E-state index in [-0.39, 0.29) is 6.03 Å². The Bertz CT molecular complexity index is 1160. The number of nitrogens with zero attached hydrogens (tertiary/aromatic N) is 3. The Balaban J connectivity index is 1.77. The highest BCUT2D eigenvalue weighted by molar-refractivity contribution is 5.98. The lowest BCUT2D eigenvalue weighted by Crippen LogP contribution is -2.28. The van der Waals surface area contributed by atoms with Crippen molar-refractivity contribution in [1.29, 1.82) is 0 Å². The van der Waals surface area contributed by atoms with E-state index in [1.54, 1.807) is 0 Å². The van der Waals surface area contributed by atoms with Gasteiger partial charge in [-0.15, -0.1) is 0 Å². The van der Waals surface area contributed by atoms with Crippen LogP contribution in [0, 0.1) is 6.92 Å². The second-order valence-electron chi connectivity index (χ2n) is 6.87. The van der Waals surface area contributed by atoms with Gasteiger partial charge in [0.2, 0.25) is 0 Å². The second kappa shape index (κ2) is 7.79. The molecule has 4 rings (SSSR count). The van der Waals surface area contributed by atoms with Crippen LogP contribution in [-0.2, 0) is 6.54 Å². The molecule has 0 saturated heterocycles. The highest BCUT2D eigenvalue weighted by atomic mass is 16.2. The summed E-state index contributed by atoms with van der Waals surface area (Å²) in [5.41, 5.74) is 6.81. The number of urea groups is 1. The van der Waals surface area contributed by atoms with E-state index in [1.807, 2.05) is 48.3 Å². The van der Waals surface area contributed by atoms with Crippen LogP contribution in [-0.4, -0.2) is 32.3 Å². The van der Waals surface area contributed by atoms with Gasteiger partial charge in [-0.2, -0.15) is 5.10 Å². The third-order valence-corrected chi connectivity index (χ3v) is 4.88. The molecule has 0 fully saturated rings. The molecule has 29 heavy (non-hydrogen) atoms. The van der Waals surface area contributed by atoms with E-state index in [2.05, 4.69) is 46.7 Å². The van der Waals surface area contributed by atoms with Crippen molar-refractivity contribution in [3.8, 4) is 22.4 Å². The average Bonchev–Trinajstić information content (AvgIpc) is 3.35. The lowest BCUT2D eigenvalue weighted by Gasteiger charge is -2.09. The Labute approximate surface area is 169 Å². The molecule has 0 aliphatic rings. The Kier molecular flexibility index (Phi) is 5.03. The summed E-state index contributed by atoms with van der Waals surface area (Å²) in [4.78, 5) is 19.4. The van der Waals surface area contributed by atoms with Crippen molar-refractivity contribution in [1.82, 2.24) is 25.1 Å². The molecule has 3 N–H and O–H groups in total. The summed E-state index contributed by atoms with van der Waals surface area (Å²) in [5, 5.41) is 11.4. The van der Waals surface area contributed by atoms with Gasteiger partial charge in [0.15, 0.2) is 0 Å². The smallest absolute Gasteiger partial charge is 0.319 e. The number of nitrogens with one attached hydrogen (secondary N) is 3. The summed E-state index contributed by atoms with van der Waals surface area (Å²) in [5.74, 6) is 0. The van der Waals surface area contributed by atoms with Gasteiger partial charge < -0.3 is 15.6 Å². The number of benzene rings is 1. The molecule has 7 heteroatoms. The monoisotopic (exact) mass is 388 g/mol. The molecule has 1 aromatic carbocycles. The highest BCUT2D eigenvalue weighted by Gasteiger charge is 2.18. The molecule has 7 nitrogen and oxygen atoms in total. The zero-order chi connectivity index (χ0) is 20.4. The van der Waals surface area contributed by atoms with Crippen LogP contribution in [0.5, 0.6) is 0 Å². The van der Waals surface area contributed by atoms with E-state index >= 15 is 0 Å². The number of hydrogen-bond acceptors (Lipinski definition) is 3. The molecule has 0 aliphatic carbocycles. The number of carbonyl (C=O) groups excluding carboxylic acids is 1. The van der Waals surface area contributed by atoms with Crippen molar-refractivity contribution >= 4 is 22.8 Å². The molecule has 0 saturated carbocycles. The quantitative estimate of drug-likeness (QED) is 0.468. The number of H-pyrrole nitrogens is 1. The molecule has 148 valence electrons. The summed E-state index contributed by atoms with van der Waals surface area (Å²) in [6.07, 6.45) is 5.89. The summed E-state index contributed by atoms with van der Waals surface area (Å²) >= 11 is 0. The number of hydrogen-bond donors (Lipinski definition) is 3. The van der Waals surface area contributed by atoms with Gasteiger partial charge in [0.25, 0.3) is 0 Å². The zero-order valence-electron chi connectivity index (χ0n) is 16.8. The van der Waals surface area contributed by atoms with Gasteiger partial charge >= 0.3 is 6.03 Å². The largest absolute Gasteiger partial charge is 0.346 e. The first-order valence-corrected chi connectivity index (χ1v) is 9.76. The first kappa shape index (κ1) is 18.7. The van der Waals surface area contributed by atoms with Gasteiger partial charge in [-0.25, -0.2) is 9.78 Å². The van der Waals surface area contributed by atoms with E-state index in [1.165, 1.54) is 0 Å². The van der Waals surface area contributed by atoms with Gasteiger partial charge in [0.05, 0.1) is 0 Å². The third kappa shape index (κ3) is 3.59. The van der Waals surface area contributed by atoms with Crippen molar-refractivity contribution in [3.63, 3.8) is 0 Å². The summed E-state index contributed by atoms with van der Waals surface area (Å²) in [6, 6.07) is 9.60. The Hall–Kier alpha value is -3.61. The molecule has 0 atom stereocenters. The molecule has 0 aliphatic heterocycles. The number of carbonyl (C=O) groups is 1. The van der Waals surface area contributed by atoms with Crippen molar-refractivity contribution in [2.24, 2.45) is 0 Å². The number of anilines is 1. The van der Waals surface area contributed by atoms with Crippen molar-refractivity contribution in [2.45, 2.75) is 27.3 Å². The van der Waals surface area contributed by atoms with E-state index in [0.29, 0.717) is 6.54 Å². The molecule has 3 aromatic heterocycles. The van der Waals surface area contributed by atoms with Crippen LogP contribution >= 0.6 is 0 Å². The van der Waals surface area contributed by atoms with Crippen LogP contribution < -0.4 is 10.6 Å². The van der Waals surface area contributed by atoms with Gasteiger partial charge in [-0.05, 0) is 44.5 Å². The number of aromatic amines is 1. The molecule has 3 heterocycles. The summed E-state index contributed by atoms with van der Waals surface area (Å²) in [6.45, 7) is 7.40. The first-order valence-electron chi connectivity index (χ1n) is 9.76. The average molecular weight is 388 g/mol. The molecule has 0 bridgehead atoms. The van der Waals surface area contributed by atoms with Gasteiger partial charge in [-0.1, -0.05) is 12.1 Å². The predicted molar refractivity (Wildman–Crippen MR) is 116 cm³/mol. The van der Waals surface area contributed by atoms with E-state index < -0.39 is 0 Å². The molecule has 4 aromatic rings. The van der Waals surface area contributed by atoms with E-state index in [0.717, 1.165) is 51.2 Å². The Morgan fingerprint density at radius 3 is 2.69 bits per heavy atom. The van der Waals surface area contributed by atoms with Gasteiger partial charge in [0, 0.05) is 59.4 Å². The van der Waals surface area contributed by atoms with Crippen molar-refractivity contribution in [2.75, 3.05) is 11.9 Å². The van der Waals surface area contributed by atoms with Crippen LogP contribution in [0.2, 0.25) is 0 Å². The topological polar surface area (TPSA) is 87.6 Å². The first-order chi connectivity index (χ1) is 14.1. The lowest BCUT2D eigenvalue weighted by atomic mass is 9.97. The fraction of sp³-hybridized carbons (Fsp3) is 0.227. The fourth-order valence-electron chi connectivity index (χ4n) is 3.49.